The molecule has 1 aliphatic heterocycles. The second-order valence-corrected chi connectivity index (χ2v) is 5.96. The molecule has 7 nitrogen and oxygen atoms in total. The lowest BCUT2D eigenvalue weighted by atomic mass is 9.88. The van der Waals surface area contributed by atoms with Crippen LogP contribution in [0.1, 0.15) is 22.3 Å². The Morgan fingerprint density at radius 1 is 1.23 bits per heavy atom. The van der Waals surface area contributed by atoms with Gasteiger partial charge in [0.1, 0.15) is 0 Å². The number of nitro groups is 1. The molecule has 1 N–H and O–H groups in total. The number of carbonyl (C=O) groups is 2. The summed E-state index contributed by atoms with van der Waals surface area (Å²) in [7, 11) is 0. The van der Waals surface area contributed by atoms with Crippen molar-refractivity contribution in [3.63, 3.8) is 0 Å². The first-order chi connectivity index (χ1) is 12.4. The number of fused-ring (bicyclic) bond motifs is 1. The van der Waals surface area contributed by atoms with E-state index in [4.69, 9.17) is 0 Å². The number of aliphatic hydroxyl groups is 1. The van der Waals surface area contributed by atoms with Crippen LogP contribution in [0.3, 0.4) is 0 Å². The molecule has 1 amide bonds. The van der Waals surface area contributed by atoms with Gasteiger partial charge in [0.15, 0.2) is 11.4 Å². The third kappa shape index (κ3) is 2.68. The van der Waals surface area contributed by atoms with Crippen molar-refractivity contribution in [3.8, 4) is 0 Å². The third-order valence-electron chi connectivity index (χ3n) is 4.37. The lowest BCUT2D eigenvalue weighted by Gasteiger charge is -2.22. The number of anilines is 1. The molecule has 0 aliphatic carbocycles. The highest BCUT2D eigenvalue weighted by molar-refractivity contribution is 6.11. The van der Waals surface area contributed by atoms with Crippen LogP contribution in [-0.4, -0.2) is 28.3 Å². The van der Waals surface area contributed by atoms with Crippen molar-refractivity contribution in [2.45, 2.75) is 12.0 Å². The van der Waals surface area contributed by atoms with Gasteiger partial charge in [-0.3, -0.25) is 19.7 Å². The maximum absolute atomic E-state index is 12.8. The first-order valence-corrected chi connectivity index (χ1v) is 7.91. The number of hydrogen-bond donors (Lipinski definition) is 1. The summed E-state index contributed by atoms with van der Waals surface area (Å²) in [5, 5.41) is 22.2. The Labute approximate surface area is 149 Å². The number of ketones is 1. The monoisotopic (exact) mass is 352 g/mol. The lowest BCUT2D eigenvalue weighted by molar-refractivity contribution is -0.385. The van der Waals surface area contributed by atoms with Gasteiger partial charge in [-0.25, -0.2) is 0 Å². The van der Waals surface area contributed by atoms with Gasteiger partial charge in [-0.05, 0) is 12.1 Å². The molecule has 7 heteroatoms. The quantitative estimate of drug-likeness (QED) is 0.373. The van der Waals surface area contributed by atoms with Gasteiger partial charge in [-0.1, -0.05) is 36.4 Å². The standard InChI is InChI=1S/C19H16N2O5/c1-2-11-20-16-10-6-4-8-14(16)19(24,18(20)23)12-17(22)13-7-3-5-9-15(13)21(25)26/h2-10,24H,1,11-12H2/t19-/m0/s1. The van der Waals surface area contributed by atoms with Crippen LogP contribution in [0.15, 0.2) is 61.2 Å². The van der Waals surface area contributed by atoms with Crippen LogP contribution in [0.4, 0.5) is 11.4 Å². The minimum atomic E-state index is -2.07. The van der Waals surface area contributed by atoms with E-state index in [9.17, 15) is 24.8 Å². The molecule has 0 unspecified atom stereocenters. The fourth-order valence-electron chi connectivity index (χ4n) is 3.18. The van der Waals surface area contributed by atoms with E-state index in [2.05, 4.69) is 6.58 Å². The molecule has 3 rings (SSSR count). The number of nitro benzene ring substituents is 1. The average molecular weight is 352 g/mol. The molecular formula is C19H16N2O5. The number of hydrogen-bond acceptors (Lipinski definition) is 5. The summed E-state index contributed by atoms with van der Waals surface area (Å²) in [6.45, 7) is 3.78. The maximum atomic E-state index is 12.8. The van der Waals surface area contributed by atoms with Crippen molar-refractivity contribution in [1.29, 1.82) is 0 Å². The van der Waals surface area contributed by atoms with Gasteiger partial charge in [0.05, 0.1) is 22.6 Å². The predicted molar refractivity (Wildman–Crippen MR) is 94.9 cm³/mol. The zero-order valence-electron chi connectivity index (χ0n) is 13.8. The van der Waals surface area contributed by atoms with E-state index in [0.29, 0.717) is 11.3 Å². The summed E-state index contributed by atoms with van der Waals surface area (Å²) < 4.78 is 0. The number of amides is 1. The second-order valence-electron chi connectivity index (χ2n) is 5.96. The summed E-state index contributed by atoms with van der Waals surface area (Å²) >= 11 is 0. The Morgan fingerprint density at radius 2 is 1.88 bits per heavy atom. The molecular weight excluding hydrogens is 336 g/mol. The molecule has 0 spiro atoms. The third-order valence-corrected chi connectivity index (χ3v) is 4.37. The molecule has 0 radical (unpaired) electrons. The Kier molecular flexibility index (Phi) is 4.40. The molecule has 0 aromatic heterocycles. The minimum Gasteiger partial charge on any atom is -0.375 e. The predicted octanol–water partition coefficient (Wildman–Crippen LogP) is 2.59. The molecule has 26 heavy (non-hydrogen) atoms. The van der Waals surface area contributed by atoms with E-state index >= 15 is 0 Å². The smallest absolute Gasteiger partial charge is 0.280 e. The van der Waals surface area contributed by atoms with Crippen LogP contribution in [0.2, 0.25) is 0 Å². The number of carbonyl (C=O) groups excluding carboxylic acids is 2. The van der Waals surface area contributed by atoms with Gasteiger partial charge >= 0.3 is 0 Å². The summed E-state index contributed by atoms with van der Waals surface area (Å²) in [5.41, 5.74) is -1.77. The van der Waals surface area contributed by atoms with Crippen molar-refractivity contribution in [2.75, 3.05) is 11.4 Å². The molecule has 0 saturated heterocycles. The summed E-state index contributed by atoms with van der Waals surface area (Å²) in [5.74, 6) is -1.33. The van der Waals surface area contributed by atoms with Crippen LogP contribution in [0.25, 0.3) is 0 Å². The Morgan fingerprint density at radius 3 is 2.58 bits per heavy atom. The summed E-state index contributed by atoms with van der Waals surface area (Å²) in [6, 6.07) is 12.1. The van der Waals surface area contributed by atoms with Crippen molar-refractivity contribution in [3.05, 3.63) is 82.4 Å². The summed E-state index contributed by atoms with van der Waals surface area (Å²) in [6.07, 6.45) is 0.936. The van der Waals surface area contributed by atoms with E-state index in [1.807, 2.05) is 0 Å². The Balaban J connectivity index is 2.02. The van der Waals surface area contributed by atoms with Gasteiger partial charge in [0, 0.05) is 18.2 Å². The fourth-order valence-corrected chi connectivity index (χ4v) is 3.18. The largest absolute Gasteiger partial charge is 0.375 e. The zero-order chi connectivity index (χ0) is 18.9. The topological polar surface area (TPSA) is 101 Å². The van der Waals surface area contributed by atoms with Crippen molar-refractivity contribution < 1.29 is 19.6 Å². The van der Waals surface area contributed by atoms with Crippen LogP contribution in [-0.2, 0) is 10.4 Å². The molecule has 1 atom stereocenters. The first-order valence-electron chi connectivity index (χ1n) is 7.91. The number of Topliss-reactive ketones (excluding diaryl/α,β-unsaturated/α-hetero) is 1. The minimum absolute atomic E-state index is 0.140. The molecule has 0 bridgehead atoms. The second kappa shape index (κ2) is 6.53. The molecule has 2 aromatic rings. The van der Waals surface area contributed by atoms with Gasteiger partial charge in [0.2, 0.25) is 0 Å². The molecule has 2 aromatic carbocycles. The Hall–Kier alpha value is -3.32. The van der Waals surface area contributed by atoms with E-state index < -0.39 is 28.6 Å². The molecule has 132 valence electrons. The number of para-hydroxylation sites is 2. The van der Waals surface area contributed by atoms with Crippen molar-refractivity contribution in [1.82, 2.24) is 0 Å². The highest BCUT2D eigenvalue weighted by Crippen LogP contribution is 2.43. The van der Waals surface area contributed by atoms with Crippen LogP contribution >= 0.6 is 0 Å². The first kappa shape index (κ1) is 17.5. The lowest BCUT2D eigenvalue weighted by Crippen LogP contribution is -2.42. The van der Waals surface area contributed by atoms with E-state index in [-0.39, 0.29) is 17.8 Å². The van der Waals surface area contributed by atoms with Crippen molar-refractivity contribution >= 4 is 23.1 Å². The van der Waals surface area contributed by atoms with E-state index in [1.54, 1.807) is 24.3 Å². The molecule has 0 saturated carbocycles. The van der Waals surface area contributed by atoms with Crippen LogP contribution in [0, 0.1) is 10.1 Å². The number of nitrogens with zero attached hydrogens (tertiary/aromatic N) is 2. The van der Waals surface area contributed by atoms with E-state index in [1.165, 1.54) is 35.2 Å². The van der Waals surface area contributed by atoms with Gasteiger partial charge in [-0.2, -0.15) is 0 Å². The highest BCUT2D eigenvalue weighted by atomic mass is 16.6. The van der Waals surface area contributed by atoms with Crippen LogP contribution in [0.5, 0.6) is 0 Å². The highest BCUT2D eigenvalue weighted by Gasteiger charge is 2.50. The van der Waals surface area contributed by atoms with Gasteiger partial charge < -0.3 is 10.0 Å². The molecule has 1 heterocycles. The SMILES string of the molecule is C=CCN1C(=O)[C@](O)(CC(=O)c2ccccc2[N+](=O)[O-])c2ccccc21. The average Bonchev–Trinajstić information content (AvgIpc) is 2.84. The van der Waals surface area contributed by atoms with Gasteiger partial charge in [0.25, 0.3) is 11.6 Å². The number of rotatable bonds is 6. The fraction of sp³-hybridized carbons (Fsp3) is 0.158. The van der Waals surface area contributed by atoms with Gasteiger partial charge in [-0.15, -0.1) is 6.58 Å². The normalized spacial score (nSPS) is 18.5. The number of benzene rings is 2. The molecule has 0 fully saturated rings. The van der Waals surface area contributed by atoms with Crippen molar-refractivity contribution in [2.24, 2.45) is 0 Å². The summed E-state index contributed by atoms with van der Waals surface area (Å²) in [4.78, 5) is 37.3. The van der Waals surface area contributed by atoms with E-state index in [0.717, 1.165) is 0 Å². The van der Waals surface area contributed by atoms with Crippen LogP contribution < -0.4 is 4.90 Å². The molecule has 1 aliphatic rings. The maximum Gasteiger partial charge on any atom is 0.280 e. The Bertz CT molecular complexity index is 924. The zero-order valence-corrected chi connectivity index (χ0v) is 13.8.